The van der Waals surface area contributed by atoms with Crippen molar-refractivity contribution in [3.63, 3.8) is 0 Å². The third-order valence-corrected chi connectivity index (χ3v) is 1.65. The molecule has 0 atom stereocenters. The first-order chi connectivity index (χ1) is 6.77. The number of hydrogen-bond donors (Lipinski definition) is 1. The predicted octanol–water partition coefficient (Wildman–Crippen LogP) is 0.360. The van der Waals surface area contributed by atoms with E-state index in [4.69, 9.17) is 5.11 Å². The van der Waals surface area contributed by atoms with Gasteiger partial charge in [0.2, 0.25) is 0 Å². The van der Waals surface area contributed by atoms with Crippen LogP contribution in [0.2, 0.25) is 0 Å². The first-order valence-electron chi connectivity index (χ1n) is 3.82. The molecule has 2 aromatic heterocycles. The lowest BCUT2D eigenvalue weighted by Crippen LogP contribution is -2.02. The summed E-state index contributed by atoms with van der Waals surface area (Å²) in [7, 11) is 0. The summed E-state index contributed by atoms with van der Waals surface area (Å²) < 4.78 is 1.47. The molecule has 14 heavy (non-hydrogen) atoms. The highest BCUT2D eigenvalue weighted by molar-refractivity contribution is 5.85. The van der Waals surface area contributed by atoms with Crippen LogP contribution in [0.5, 0.6) is 0 Å². The first-order valence-corrected chi connectivity index (χ1v) is 3.82. The molecule has 0 amide bonds. The molecule has 2 heterocycles. The maximum absolute atomic E-state index is 10.6. The lowest BCUT2D eigenvalue weighted by Gasteiger charge is -1.99. The minimum Gasteiger partial charge on any atom is -0.477 e. The van der Waals surface area contributed by atoms with Crippen LogP contribution in [0.15, 0.2) is 31.0 Å². The number of aromatic nitrogens is 4. The molecule has 6 heteroatoms. The normalized spacial score (nSPS) is 10.0. The van der Waals surface area contributed by atoms with Gasteiger partial charge in [-0.05, 0) is 12.1 Å². The van der Waals surface area contributed by atoms with Crippen LogP contribution < -0.4 is 0 Å². The minimum atomic E-state index is -1.06. The zero-order valence-electron chi connectivity index (χ0n) is 7.03. The van der Waals surface area contributed by atoms with Gasteiger partial charge in [-0.3, -0.25) is 0 Å². The van der Waals surface area contributed by atoms with Gasteiger partial charge in [-0.2, -0.15) is 5.10 Å². The van der Waals surface area contributed by atoms with Gasteiger partial charge in [-0.25, -0.2) is 19.4 Å². The molecule has 1 N–H and O–H groups in total. The van der Waals surface area contributed by atoms with Crippen molar-refractivity contribution >= 4 is 5.97 Å². The van der Waals surface area contributed by atoms with E-state index in [0.717, 1.165) is 0 Å². The second kappa shape index (κ2) is 3.25. The van der Waals surface area contributed by atoms with Crippen molar-refractivity contribution in [3.8, 4) is 5.69 Å². The quantitative estimate of drug-likeness (QED) is 0.739. The number of carboxylic acids is 1. The summed E-state index contributed by atoms with van der Waals surface area (Å²) in [5.41, 5.74) is 0.605. The Hall–Kier alpha value is -2.24. The van der Waals surface area contributed by atoms with Crippen molar-refractivity contribution < 1.29 is 9.90 Å². The Balaban J connectivity index is 2.46. The summed E-state index contributed by atoms with van der Waals surface area (Å²) in [5.74, 6) is -1.06. The fourth-order valence-corrected chi connectivity index (χ4v) is 1.02. The summed E-state index contributed by atoms with van der Waals surface area (Å²) >= 11 is 0. The van der Waals surface area contributed by atoms with Crippen LogP contribution in [0.1, 0.15) is 10.5 Å². The van der Waals surface area contributed by atoms with Crippen molar-refractivity contribution in [3.05, 3.63) is 36.7 Å². The highest BCUT2D eigenvalue weighted by Crippen LogP contribution is 2.05. The van der Waals surface area contributed by atoms with E-state index in [1.54, 1.807) is 6.07 Å². The molecule has 6 nitrogen and oxygen atoms in total. The third-order valence-electron chi connectivity index (χ3n) is 1.65. The van der Waals surface area contributed by atoms with E-state index in [9.17, 15) is 4.79 Å². The van der Waals surface area contributed by atoms with Gasteiger partial charge in [0.05, 0.1) is 5.69 Å². The average Bonchev–Trinajstić information content (AvgIpc) is 2.71. The first kappa shape index (κ1) is 8.36. The average molecular weight is 190 g/mol. The Labute approximate surface area is 78.9 Å². The number of carbonyl (C=O) groups is 1. The molecule has 0 unspecified atom stereocenters. The summed E-state index contributed by atoms with van der Waals surface area (Å²) in [4.78, 5) is 18.1. The molecule has 0 saturated heterocycles. The number of rotatable bonds is 2. The number of pyridine rings is 1. The van der Waals surface area contributed by atoms with Crippen molar-refractivity contribution in [2.45, 2.75) is 0 Å². The fraction of sp³-hybridized carbons (Fsp3) is 0. The molecular weight excluding hydrogens is 184 g/mol. The maximum Gasteiger partial charge on any atom is 0.354 e. The molecular formula is C8H6N4O2. The van der Waals surface area contributed by atoms with Crippen LogP contribution in [0.4, 0.5) is 0 Å². The molecule has 0 bridgehead atoms. The number of hydrogen-bond acceptors (Lipinski definition) is 4. The van der Waals surface area contributed by atoms with E-state index in [2.05, 4.69) is 15.1 Å². The molecule has 70 valence electrons. The minimum absolute atomic E-state index is 0.0157. The highest BCUT2D eigenvalue weighted by Gasteiger charge is 2.05. The number of aromatic carboxylic acids is 1. The molecule has 0 aliphatic rings. The number of carboxylic acid groups (broad SMARTS) is 1. The molecule has 0 fully saturated rings. The summed E-state index contributed by atoms with van der Waals surface area (Å²) in [6, 6.07) is 3.08. The molecule has 2 rings (SSSR count). The largest absolute Gasteiger partial charge is 0.477 e. The third kappa shape index (κ3) is 1.45. The van der Waals surface area contributed by atoms with E-state index in [1.807, 2.05) is 0 Å². The Morgan fingerprint density at radius 1 is 1.50 bits per heavy atom. The zero-order valence-corrected chi connectivity index (χ0v) is 7.03. The van der Waals surface area contributed by atoms with Gasteiger partial charge in [0.25, 0.3) is 0 Å². The van der Waals surface area contributed by atoms with Gasteiger partial charge in [0.15, 0.2) is 0 Å². The van der Waals surface area contributed by atoms with Crippen molar-refractivity contribution in [2.75, 3.05) is 0 Å². The highest BCUT2D eigenvalue weighted by atomic mass is 16.4. The summed E-state index contributed by atoms with van der Waals surface area (Å²) in [5, 5.41) is 12.6. The topological polar surface area (TPSA) is 80.9 Å². The van der Waals surface area contributed by atoms with Crippen LogP contribution in [0, 0.1) is 0 Å². The van der Waals surface area contributed by atoms with E-state index in [0.29, 0.717) is 5.69 Å². The van der Waals surface area contributed by atoms with E-state index < -0.39 is 5.97 Å². The molecule has 0 spiro atoms. The summed E-state index contributed by atoms with van der Waals surface area (Å²) in [6.07, 6.45) is 4.28. The van der Waals surface area contributed by atoms with Crippen LogP contribution in [-0.2, 0) is 0 Å². The molecule has 0 saturated carbocycles. The number of nitrogens with zero attached hydrogens (tertiary/aromatic N) is 4. The van der Waals surface area contributed by atoms with E-state index in [1.165, 1.54) is 29.6 Å². The lowest BCUT2D eigenvalue weighted by molar-refractivity contribution is 0.0690. The Bertz CT molecular complexity index is 452. The van der Waals surface area contributed by atoms with Gasteiger partial charge in [0, 0.05) is 6.20 Å². The van der Waals surface area contributed by atoms with Gasteiger partial charge < -0.3 is 5.11 Å². The predicted molar refractivity (Wildman–Crippen MR) is 46.1 cm³/mol. The van der Waals surface area contributed by atoms with Gasteiger partial charge in [-0.1, -0.05) is 0 Å². The van der Waals surface area contributed by atoms with Crippen molar-refractivity contribution in [1.29, 1.82) is 0 Å². The fourth-order valence-electron chi connectivity index (χ4n) is 1.02. The summed E-state index contributed by atoms with van der Waals surface area (Å²) in [6.45, 7) is 0. The van der Waals surface area contributed by atoms with Crippen LogP contribution in [-0.4, -0.2) is 30.8 Å². The maximum atomic E-state index is 10.6. The van der Waals surface area contributed by atoms with Crippen molar-refractivity contribution in [1.82, 2.24) is 19.7 Å². The smallest absolute Gasteiger partial charge is 0.354 e. The van der Waals surface area contributed by atoms with Gasteiger partial charge in [-0.15, -0.1) is 0 Å². The molecule has 0 aliphatic carbocycles. The van der Waals surface area contributed by atoms with Crippen molar-refractivity contribution in [2.24, 2.45) is 0 Å². The second-order valence-corrected chi connectivity index (χ2v) is 2.54. The standard InChI is InChI=1S/C8H6N4O2/c13-8(14)7-3-6(1-2-10-7)12-5-9-4-11-12/h1-5H,(H,13,14). The molecule has 2 aromatic rings. The Kier molecular flexibility index (Phi) is 1.94. The molecule has 0 radical (unpaired) electrons. The van der Waals surface area contributed by atoms with Crippen LogP contribution >= 0.6 is 0 Å². The van der Waals surface area contributed by atoms with Crippen LogP contribution in [0.25, 0.3) is 5.69 Å². The zero-order chi connectivity index (χ0) is 9.97. The van der Waals surface area contributed by atoms with Gasteiger partial charge >= 0.3 is 5.97 Å². The molecule has 0 aliphatic heterocycles. The van der Waals surface area contributed by atoms with Gasteiger partial charge in [0.1, 0.15) is 18.3 Å². The Morgan fingerprint density at radius 2 is 2.36 bits per heavy atom. The second-order valence-electron chi connectivity index (χ2n) is 2.54. The SMILES string of the molecule is O=C(O)c1cc(-n2cncn2)ccn1. The molecule has 0 aromatic carbocycles. The monoisotopic (exact) mass is 190 g/mol. The van der Waals surface area contributed by atoms with E-state index in [-0.39, 0.29) is 5.69 Å². The Morgan fingerprint density at radius 3 is 3.00 bits per heavy atom. The van der Waals surface area contributed by atoms with E-state index >= 15 is 0 Å². The lowest BCUT2D eigenvalue weighted by atomic mass is 10.3. The van der Waals surface area contributed by atoms with Crippen LogP contribution in [0.3, 0.4) is 0 Å².